The SMILES string of the molecule is CC(C)CC(NN)c1cc2cc(F)ccc2s1. The van der Waals surface area contributed by atoms with Crippen molar-refractivity contribution in [1.29, 1.82) is 0 Å². The van der Waals surface area contributed by atoms with E-state index in [1.54, 1.807) is 17.4 Å². The molecule has 92 valence electrons. The molecule has 1 atom stereocenters. The van der Waals surface area contributed by atoms with Crippen LogP contribution in [0.2, 0.25) is 0 Å². The van der Waals surface area contributed by atoms with E-state index in [9.17, 15) is 4.39 Å². The van der Waals surface area contributed by atoms with Gasteiger partial charge in [0.1, 0.15) is 5.82 Å². The van der Waals surface area contributed by atoms with Gasteiger partial charge in [0.25, 0.3) is 0 Å². The van der Waals surface area contributed by atoms with Crippen LogP contribution >= 0.6 is 11.3 Å². The number of thiophene rings is 1. The smallest absolute Gasteiger partial charge is 0.123 e. The molecule has 0 fully saturated rings. The molecule has 1 unspecified atom stereocenters. The van der Waals surface area contributed by atoms with E-state index in [4.69, 9.17) is 5.84 Å². The maximum atomic E-state index is 13.1. The molecule has 2 aromatic rings. The summed E-state index contributed by atoms with van der Waals surface area (Å²) >= 11 is 1.67. The molecule has 2 rings (SSSR count). The highest BCUT2D eigenvalue weighted by Gasteiger charge is 2.14. The molecular weight excluding hydrogens is 235 g/mol. The Morgan fingerprint density at radius 2 is 2.12 bits per heavy atom. The van der Waals surface area contributed by atoms with Gasteiger partial charge in [0.15, 0.2) is 0 Å². The summed E-state index contributed by atoms with van der Waals surface area (Å²) < 4.78 is 14.2. The van der Waals surface area contributed by atoms with E-state index >= 15 is 0 Å². The van der Waals surface area contributed by atoms with Gasteiger partial charge in [-0.2, -0.15) is 0 Å². The third-order valence-corrected chi connectivity index (χ3v) is 3.98. The molecule has 17 heavy (non-hydrogen) atoms. The zero-order chi connectivity index (χ0) is 12.4. The standard InChI is InChI=1S/C13H17FN2S/c1-8(2)5-11(16-15)13-7-9-6-10(14)3-4-12(9)17-13/h3-4,6-8,11,16H,5,15H2,1-2H3. The van der Waals surface area contributed by atoms with Gasteiger partial charge in [0.2, 0.25) is 0 Å². The molecule has 0 radical (unpaired) electrons. The van der Waals surface area contributed by atoms with Crippen LogP contribution in [0, 0.1) is 11.7 Å². The van der Waals surface area contributed by atoms with E-state index < -0.39 is 0 Å². The van der Waals surface area contributed by atoms with Gasteiger partial charge in [0, 0.05) is 9.58 Å². The third-order valence-electron chi connectivity index (χ3n) is 2.75. The maximum absolute atomic E-state index is 13.1. The summed E-state index contributed by atoms with van der Waals surface area (Å²) in [5, 5.41) is 0.953. The molecule has 2 nitrogen and oxygen atoms in total. The molecule has 1 aromatic heterocycles. The van der Waals surface area contributed by atoms with Gasteiger partial charge in [0.05, 0.1) is 6.04 Å². The summed E-state index contributed by atoms with van der Waals surface area (Å²) in [5.74, 6) is 5.96. The average Bonchev–Trinajstić information content (AvgIpc) is 2.68. The van der Waals surface area contributed by atoms with Crippen molar-refractivity contribution in [1.82, 2.24) is 5.43 Å². The molecule has 1 heterocycles. The summed E-state index contributed by atoms with van der Waals surface area (Å²) in [4.78, 5) is 1.17. The molecule has 4 heteroatoms. The zero-order valence-corrected chi connectivity index (χ0v) is 10.9. The van der Waals surface area contributed by atoms with Crippen LogP contribution in [0.25, 0.3) is 10.1 Å². The van der Waals surface area contributed by atoms with Gasteiger partial charge < -0.3 is 0 Å². The highest BCUT2D eigenvalue weighted by Crippen LogP contribution is 2.32. The van der Waals surface area contributed by atoms with Gasteiger partial charge >= 0.3 is 0 Å². The van der Waals surface area contributed by atoms with Crippen LogP contribution in [0.3, 0.4) is 0 Å². The molecule has 0 spiro atoms. The number of benzene rings is 1. The molecule has 0 aliphatic carbocycles. The summed E-state index contributed by atoms with van der Waals surface area (Å²) in [6.45, 7) is 4.33. The largest absolute Gasteiger partial charge is 0.271 e. The van der Waals surface area contributed by atoms with Crippen LogP contribution in [0.4, 0.5) is 4.39 Å². The first kappa shape index (κ1) is 12.5. The van der Waals surface area contributed by atoms with E-state index in [2.05, 4.69) is 19.3 Å². The van der Waals surface area contributed by atoms with Crippen LogP contribution in [0.15, 0.2) is 24.3 Å². The van der Waals surface area contributed by atoms with E-state index in [-0.39, 0.29) is 11.9 Å². The lowest BCUT2D eigenvalue weighted by molar-refractivity contribution is 0.443. The Morgan fingerprint density at radius 1 is 1.35 bits per heavy atom. The van der Waals surface area contributed by atoms with Gasteiger partial charge in [-0.1, -0.05) is 13.8 Å². The molecule has 0 aliphatic rings. The predicted octanol–water partition coefficient (Wildman–Crippen LogP) is 3.59. The molecular formula is C13H17FN2S. The van der Waals surface area contributed by atoms with Crippen molar-refractivity contribution in [3.8, 4) is 0 Å². The molecule has 3 N–H and O–H groups in total. The predicted molar refractivity (Wildman–Crippen MR) is 71.3 cm³/mol. The molecule has 1 aromatic carbocycles. The molecule has 0 amide bonds. The van der Waals surface area contributed by atoms with Crippen molar-refractivity contribution < 1.29 is 4.39 Å². The number of hydrazine groups is 1. The van der Waals surface area contributed by atoms with E-state index in [1.165, 1.54) is 10.9 Å². The zero-order valence-electron chi connectivity index (χ0n) is 10.0. The van der Waals surface area contributed by atoms with Crippen molar-refractivity contribution in [3.05, 3.63) is 35.0 Å². The van der Waals surface area contributed by atoms with Crippen molar-refractivity contribution in [2.75, 3.05) is 0 Å². The lowest BCUT2D eigenvalue weighted by Crippen LogP contribution is -2.28. The quantitative estimate of drug-likeness (QED) is 0.644. The minimum atomic E-state index is -0.192. The second kappa shape index (κ2) is 5.12. The molecule has 0 saturated heterocycles. The van der Waals surface area contributed by atoms with Crippen LogP contribution < -0.4 is 11.3 Å². The lowest BCUT2D eigenvalue weighted by Gasteiger charge is -2.16. The van der Waals surface area contributed by atoms with Crippen molar-refractivity contribution in [2.24, 2.45) is 11.8 Å². The Hall–Kier alpha value is -0.970. The van der Waals surface area contributed by atoms with Crippen LogP contribution in [0.1, 0.15) is 31.2 Å². The minimum Gasteiger partial charge on any atom is -0.271 e. The van der Waals surface area contributed by atoms with Crippen molar-refractivity contribution in [2.45, 2.75) is 26.3 Å². The number of fused-ring (bicyclic) bond motifs is 1. The van der Waals surface area contributed by atoms with Crippen LogP contribution in [-0.4, -0.2) is 0 Å². The first-order valence-corrected chi connectivity index (χ1v) is 6.57. The lowest BCUT2D eigenvalue weighted by atomic mass is 10.0. The molecule has 0 aliphatic heterocycles. The average molecular weight is 252 g/mol. The summed E-state index contributed by atoms with van der Waals surface area (Å²) in [6.07, 6.45) is 0.978. The van der Waals surface area contributed by atoms with Crippen LogP contribution in [-0.2, 0) is 0 Å². The number of rotatable bonds is 4. The Morgan fingerprint density at radius 3 is 2.76 bits per heavy atom. The van der Waals surface area contributed by atoms with E-state index in [0.29, 0.717) is 5.92 Å². The van der Waals surface area contributed by atoms with Gasteiger partial charge in [-0.05, 0) is 42.0 Å². The Bertz CT molecular complexity index is 507. The van der Waals surface area contributed by atoms with Gasteiger partial charge in [-0.3, -0.25) is 11.3 Å². The normalized spacial score (nSPS) is 13.5. The fourth-order valence-electron chi connectivity index (χ4n) is 1.94. The minimum absolute atomic E-state index is 0.149. The second-order valence-corrected chi connectivity index (χ2v) is 5.80. The van der Waals surface area contributed by atoms with Crippen molar-refractivity contribution in [3.63, 3.8) is 0 Å². The highest BCUT2D eigenvalue weighted by molar-refractivity contribution is 7.19. The summed E-state index contributed by atoms with van der Waals surface area (Å²) in [6, 6.07) is 7.06. The number of nitrogens with two attached hydrogens (primary N) is 1. The number of halogens is 1. The monoisotopic (exact) mass is 252 g/mol. The number of hydrogen-bond donors (Lipinski definition) is 2. The van der Waals surface area contributed by atoms with Gasteiger partial charge in [-0.25, -0.2) is 4.39 Å². The highest BCUT2D eigenvalue weighted by atomic mass is 32.1. The fraction of sp³-hybridized carbons (Fsp3) is 0.385. The molecule has 0 saturated carbocycles. The second-order valence-electron chi connectivity index (χ2n) is 4.68. The summed E-state index contributed by atoms with van der Waals surface area (Å²) in [7, 11) is 0. The fourth-order valence-corrected chi connectivity index (χ4v) is 3.06. The van der Waals surface area contributed by atoms with Gasteiger partial charge in [-0.15, -0.1) is 11.3 Å². The number of nitrogens with one attached hydrogen (secondary N) is 1. The maximum Gasteiger partial charge on any atom is 0.123 e. The summed E-state index contributed by atoms with van der Waals surface area (Å²) in [5.41, 5.74) is 2.84. The number of hydrogen-bond acceptors (Lipinski definition) is 3. The Kier molecular flexibility index (Phi) is 3.76. The van der Waals surface area contributed by atoms with Crippen LogP contribution in [0.5, 0.6) is 0 Å². The topological polar surface area (TPSA) is 38.0 Å². The molecule has 0 bridgehead atoms. The Labute approximate surface area is 105 Å². The third kappa shape index (κ3) is 2.83. The van der Waals surface area contributed by atoms with E-state index in [0.717, 1.165) is 16.5 Å². The van der Waals surface area contributed by atoms with E-state index in [1.807, 2.05) is 12.1 Å². The first-order chi connectivity index (χ1) is 8.10. The first-order valence-electron chi connectivity index (χ1n) is 5.75. The Balaban J connectivity index is 2.34. The van der Waals surface area contributed by atoms with Crippen molar-refractivity contribution >= 4 is 21.4 Å².